The molecule has 0 aliphatic heterocycles. The first-order valence-corrected chi connectivity index (χ1v) is 9.08. The SMILES string of the molecule is COc1cccc(CC2(C(=O)NC(C)CC(=O)O)CC3CCC2C3)c1. The van der Waals surface area contributed by atoms with Crippen molar-refractivity contribution >= 4 is 11.9 Å². The van der Waals surface area contributed by atoms with E-state index >= 15 is 0 Å². The summed E-state index contributed by atoms with van der Waals surface area (Å²) >= 11 is 0. The molecule has 25 heavy (non-hydrogen) atoms. The number of amides is 1. The van der Waals surface area contributed by atoms with Crippen LogP contribution in [-0.4, -0.2) is 30.1 Å². The van der Waals surface area contributed by atoms with E-state index < -0.39 is 11.4 Å². The Hall–Kier alpha value is -2.04. The van der Waals surface area contributed by atoms with Gasteiger partial charge in [0, 0.05) is 6.04 Å². The number of carbonyl (C=O) groups excluding carboxylic acids is 1. The van der Waals surface area contributed by atoms with E-state index in [1.165, 1.54) is 6.42 Å². The second-order valence-corrected chi connectivity index (χ2v) is 7.74. The lowest BCUT2D eigenvalue weighted by Crippen LogP contribution is -2.49. The minimum absolute atomic E-state index is 0.0243. The third-order valence-corrected chi connectivity index (χ3v) is 5.94. The van der Waals surface area contributed by atoms with E-state index in [9.17, 15) is 9.59 Å². The lowest BCUT2D eigenvalue weighted by atomic mass is 9.68. The molecule has 1 amide bonds. The van der Waals surface area contributed by atoms with Crippen molar-refractivity contribution in [2.75, 3.05) is 7.11 Å². The van der Waals surface area contributed by atoms with Gasteiger partial charge in [0.25, 0.3) is 0 Å². The molecule has 136 valence electrons. The van der Waals surface area contributed by atoms with Gasteiger partial charge in [0.15, 0.2) is 0 Å². The summed E-state index contributed by atoms with van der Waals surface area (Å²) in [6, 6.07) is 7.56. The van der Waals surface area contributed by atoms with Gasteiger partial charge in [0.1, 0.15) is 5.75 Å². The Morgan fingerprint density at radius 3 is 2.80 bits per heavy atom. The highest BCUT2D eigenvalue weighted by molar-refractivity contribution is 5.84. The minimum atomic E-state index is -0.886. The van der Waals surface area contributed by atoms with Crippen LogP contribution in [0.1, 0.15) is 44.6 Å². The van der Waals surface area contributed by atoms with E-state index in [1.807, 2.05) is 24.3 Å². The molecule has 2 N–H and O–H groups in total. The van der Waals surface area contributed by atoms with Crippen molar-refractivity contribution in [1.82, 2.24) is 5.32 Å². The van der Waals surface area contributed by atoms with Crippen LogP contribution in [0.2, 0.25) is 0 Å². The quantitative estimate of drug-likeness (QED) is 0.796. The van der Waals surface area contributed by atoms with Crippen LogP contribution in [0.5, 0.6) is 5.75 Å². The highest BCUT2D eigenvalue weighted by atomic mass is 16.5. The van der Waals surface area contributed by atoms with Crippen molar-refractivity contribution in [3.8, 4) is 5.75 Å². The molecule has 4 unspecified atom stereocenters. The van der Waals surface area contributed by atoms with Gasteiger partial charge in [-0.3, -0.25) is 9.59 Å². The molecule has 4 atom stereocenters. The van der Waals surface area contributed by atoms with Gasteiger partial charge in [-0.1, -0.05) is 18.6 Å². The number of carbonyl (C=O) groups is 2. The number of aliphatic carboxylic acids is 1. The van der Waals surface area contributed by atoms with E-state index in [4.69, 9.17) is 9.84 Å². The van der Waals surface area contributed by atoms with Gasteiger partial charge in [0.2, 0.25) is 5.91 Å². The first-order valence-electron chi connectivity index (χ1n) is 9.08. The van der Waals surface area contributed by atoms with Crippen molar-refractivity contribution in [1.29, 1.82) is 0 Å². The van der Waals surface area contributed by atoms with Crippen LogP contribution in [0, 0.1) is 17.3 Å². The van der Waals surface area contributed by atoms with E-state index in [2.05, 4.69) is 5.32 Å². The Morgan fingerprint density at radius 1 is 1.40 bits per heavy atom. The molecule has 2 fully saturated rings. The van der Waals surface area contributed by atoms with Crippen molar-refractivity contribution in [2.24, 2.45) is 17.3 Å². The van der Waals surface area contributed by atoms with Gasteiger partial charge in [-0.2, -0.15) is 0 Å². The zero-order valence-corrected chi connectivity index (χ0v) is 15.0. The number of benzene rings is 1. The average Bonchev–Trinajstić information content (AvgIpc) is 3.15. The predicted molar refractivity (Wildman–Crippen MR) is 94.4 cm³/mol. The van der Waals surface area contributed by atoms with Crippen LogP contribution < -0.4 is 10.1 Å². The number of carboxylic acid groups (broad SMARTS) is 1. The maximum absolute atomic E-state index is 13.2. The molecule has 2 saturated carbocycles. The highest BCUT2D eigenvalue weighted by Gasteiger charge is 2.55. The van der Waals surface area contributed by atoms with Gasteiger partial charge in [-0.25, -0.2) is 0 Å². The summed E-state index contributed by atoms with van der Waals surface area (Å²) in [5, 5.41) is 11.9. The molecule has 1 aromatic carbocycles. The van der Waals surface area contributed by atoms with Crippen LogP contribution in [0.3, 0.4) is 0 Å². The smallest absolute Gasteiger partial charge is 0.305 e. The van der Waals surface area contributed by atoms with Gasteiger partial charge >= 0.3 is 5.97 Å². The van der Waals surface area contributed by atoms with Gasteiger partial charge in [-0.15, -0.1) is 0 Å². The number of carboxylic acids is 1. The fourth-order valence-corrected chi connectivity index (χ4v) is 4.85. The first kappa shape index (κ1) is 17.8. The number of rotatable bonds is 7. The number of hydrogen-bond donors (Lipinski definition) is 2. The molecule has 1 aromatic rings. The van der Waals surface area contributed by atoms with Crippen LogP contribution in [0.25, 0.3) is 0 Å². The van der Waals surface area contributed by atoms with E-state index in [1.54, 1.807) is 14.0 Å². The molecule has 3 rings (SSSR count). The molecule has 0 saturated heterocycles. The normalized spacial score (nSPS) is 28.6. The van der Waals surface area contributed by atoms with Gasteiger partial charge in [0.05, 0.1) is 18.9 Å². The highest BCUT2D eigenvalue weighted by Crippen LogP contribution is 2.57. The van der Waals surface area contributed by atoms with E-state index in [0.717, 1.165) is 30.6 Å². The van der Waals surface area contributed by atoms with Crippen molar-refractivity contribution < 1.29 is 19.4 Å². The molecule has 5 heteroatoms. The molecule has 0 aromatic heterocycles. The summed E-state index contributed by atoms with van der Waals surface area (Å²) in [5.74, 6) is 0.950. The van der Waals surface area contributed by atoms with Gasteiger partial charge in [-0.05, 0) is 62.1 Å². The molecule has 0 heterocycles. The number of fused-ring (bicyclic) bond motifs is 2. The maximum atomic E-state index is 13.2. The van der Waals surface area contributed by atoms with Crippen molar-refractivity contribution in [2.45, 2.75) is 51.5 Å². The summed E-state index contributed by atoms with van der Waals surface area (Å²) in [5.41, 5.74) is 0.690. The number of hydrogen-bond acceptors (Lipinski definition) is 3. The average molecular weight is 345 g/mol. The van der Waals surface area contributed by atoms with Crippen molar-refractivity contribution in [3.63, 3.8) is 0 Å². The Bertz CT molecular complexity index is 659. The zero-order chi connectivity index (χ0) is 18.0. The van der Waals surface area contributed by atoms with Crippen LogP contribution in [0.4, 0.5) is 0 Å². The molecule has 0 spiro atoms. The molecular formula is C20H27NO4. The number of ether oxygens (including phenoxy) is 1. The molecule has 2 bridgehead atoms. The van der Waals surface area contributed by atoms with Gasteiger partial charge < -0.3 is 15.2 Å². The molecule has 2 aliphatic rings. The lowest BCUT2D eigenvalue weighted by Gasteiger charge is -2.37. The first-order chi connectivity index (χ1) is 11.9. The molecule has 2 aliphatic carbocycles. The Kier molecular flexibility index (Phi) is 5.02. The standard InChI is InChI=1S/C20H27NO4/c1-13(8-18(22)23)21-19(24)20(12-15-6-7-16(20)9-15)11-14-4-3-5-17(10-14)25-2/h3-5,10,13,15-16H,6-9,11-12H2,1-2H3,(H,21,24)(H,22,23). The summed E-state index contributed by atoms with van der Waals surface area (Å²) < 4.78 is 5.32. The zero-order valence-electron chi connectivity index (χ0n) is 15.0. The number of nitrogens with one attached hydrogen (secondary N) is 1. The summed E-state index contributed by atoms with van der Waals surface area (Å²) in [7, 11) is 1.65. The largest absolute Gasteiger partial charge is 0.497 e. The number of methoxy groups -OCH3 is 1. The monoisotopic (exact) mass is 345 g/mol. The fourth-order valence-electron chi connectivity index (χ4n) is 4.85. The van der Waals surface area contributed by atoms with Crippen LogP contribution in [0.15, 0.2) is 24.3 Å². The Morgan fingerprint density at radius 2 is 2.20 bits per heavy atom. The predicted octanol–water partition coefficient (Wildman–Crippen LogP) is 3.02. The fraction of sp³-hybridized carbons (Fsp3) is 0.600. The third-order valence-electron chi connectivity index (χ3n) is 5.94. The van der Waals surface area contributed by atoms with Crippen LogP contribution >= 0.6 is 0 Å². The topological polar surface area (TPSA) is 75.6 Å². The van der Waals surface area contributed by atoms with E-state index in [-0.39, 0.29) is 18.4 Å². The van der Waals surface area contributed by atoms with E-state index in [0.29, 0.717) is 18.3 Å². The summed E-state index contributed by atoms with van der Waals surface area (Å²) in [6.45, 7) is 1.76. The van der Waals surface area contributed by atoms with Crippen LogP contribution in [-0.2, 0) is 16.0 Å². The third kappa shape index (κ3) is 3.65. The summed E-state index contributed by atoms with van der Waals surface area (Å²) in [4.78, 5) is 24.1. The summed E-state index contributed by atoms with van der Waals surface area (Å²) in [6.07, 6.45) is 4.97. The minimum Gasteiger partial charge on any atom is -0.497 e. The van der Waals surface area contributed by atoms with Crippen molar-refractivity contribution in [3.05, 3.63) is 29.8 Å². The second kappa shape index (κ2) is 7.06. The molecule has 0 radical (unpaired) electrons. The maximum Gasteiger partial charge on any atom is 0.305 e. The Balaban J connectivity index is 1.81. The lowest BCUT2D eigenvalue weighted by molar-refractivity contribution is -0.138. The molecular weight excluding hydrogens is 318 g/mol. The molecule has 5 nitrogen and oxygen atoms in total. The Labute approximate surface area is 148 Å². The second-order valence-electron chi connectivity index (χ2n) is 7.74.